The summed E-state index contributed by atoms with van der Waals surface area (Å²) in [5.74, 6) is 1.43. The summed E-state index contributed by atoms with van der Waals surface area (Å²) in [4.78, 5) is 15.9. The maximum absolute atomic E-state index is 5.09. The number of para-hydroxylation sites is 1. The number of fused-ring (bicyclic) bond motifs is 3. The van der Waals surface area contributed by atoms with Gasteiger partial charge in [-0.2, -0.15) is 0 Å². The van der Waals surface area contributed by atoms with Crippen molar-refractivity contribution in [2.24, 2.45) is 9.98 Å². The second kappa shape index (κ2) is 14.1. The van der Waals surface area contributed by atoms with Crippen LogP contribution < -0.4 is 0 Å². The van der Waals surface area contributed by atoms with Gasteiger partial charge in [0.2, 0.25) is 0 Å². The zero-order chi connectivity index (χ0) is 35.6. The van der Waals surface area contributed by atoms with E-state index in [-0.39, 0.29) is 0 Å². The number of benzene rings is 6. The molecule has 0 N–H and O–H groups in total. The Morgan fingerprint density at radius 1 is 0.596 bits per heavy atom. The maximum Gasteiger partial charge on any atom is 0.160 e. The van der Waals surface area contributed by atoms with Crippen molar-refractivity contribution in [1.29, 1.82) is 0 Å². The molecule has 52 heavy (non-hydrogen) atoms. The second-order valence-electron chi connectivity index (χ2n) is 12.8. The van der Waals surface area contributed by atoms with E-state index >= 15 is 0 Å². The molecule has 0 amide bonds. The molecule has 6 aromatic carbocycles. The van der Waals surface area contributed by atoms with Crippen LogP contribution in [0.1, 0.15) is 29.2 Å². The van der Waals surface area contributed by atoms with Crippen molar-refractivity contribution in [1.82, 2.24) is 9.55 Å². The summed E-state index contributed by atoms with van der Waals surface area (Å²) in [5, 5.41) is 2.34. The molecular formula is C47H36N4S. The Morgan fingerprint density at radius 3 is 2.00 bits per heavy atom. The number of thiol groups is 1. The van der Waals surface area contributed by atoms with E-state index in [1.165, 1.54) is 21.9 Å². The van der Waals surface area contributed by atoms with Gasteiger partial charge in [0.25, 0.3) is 0 Å². The van der Waals surface area contributed by atoms with Crippen LogP contribution in [0.3, 0.4) is 0 Å². The Labute approximate surface area is 309 Å². The standard InChI is InChI=1S/C47H36N4S/c1-31-15-10-11-20-38(31)42-23-14-22-39(46(42)52)36-25-27-41-40-21-12-13-24-43(40)51(44(41)29-36)45-28-26-37(30-48-45)33(3)50-47(35-18-8-5-9-19-35)49-32(2)34-16-6-4-7-17-34/h4-30,52H,2H2,1,3H3. The maximum atomic E-state index is 5.09. The van der Waals surface area contributed by atoms with Crippen LogP contribution >= 0.6 is 12.6 Å². The summed E-state index contributed by atoms with van der Waals surface area (Å²) < 4.78 is 2.24. The van der Waals surface area contributed by atoms with Crippen LogP contribution in [-0.4, -0.2) is 21.1 Å². The molecule has 2 heterocycles. The topological polar surface area (TPSA) is 42.5 Å². The number of rotatable bonds is 7. The molecule has 8 aromatic rings. The Morgan fingerprint density at radius 2 is 1.25 bits per heavy atom. The minimum Gasteiger partial charge on any atom is -0.294 e. The lowest BCUT2D eigenvalue weighted by molar-refractivity contribution is 1.08. The number of pyridine rings is 1. The highest BCUT2D eigenvalue weighted by Gasteiger charge is 2.17. The van der Waals surface area contributed by atoms with Gasteiger partial charge in [-0.15, -0.1) is 12.6 Å². The highest BCUT2D eigenvalue weighted by Crippen LogP contribution is 2.39. The Hall–Kier alpha value is -6.30. The lowest BCUT2D eigenvalue weighted by Gasteiger charge is -2.14. The fourth-order valence-corrected chi connectivity index (χ4v) is 7.17. The largest absolute Gasteiger partial charge is 0.294 e. The molecule has 4 nitrogen and oxygen atoms in total. The zero-order valence-electron chi connectivity index (χ0n) is 29.0. The number of amidine groups is 1. The molecule has 5 heteroatoms. The van der Waals surface area contributed by atoms with Crippen molar-refractivity contribution in [2.75, 3.05) is 0 Å². The SMILES string of the molecule is C=C(N=C(N=C(C)c1ccc(-n2c3ccccc3c3ccc(-c4cccc(-c5ccccc5C)c4S)cc32)nc1)c1ccccc1)c1ccccc1. The third-order valence-electron chi connectivity index (χ3n) is 9.50. The molecule has 0 radical (unpaired) electrons. The van der Waals surface area contributed by atoms with E-state index in [1.54, 1.807) is 0 Å². The quantitative estimate of drug-likeness (QED) is 0.101. The highest BCUT2D eigenvalue weighted by atomic mass is 32.1. The number of nitrogens with zero attached hydrogens (tertiary/aromatic N) is 4. The summed E-state index contributed by atoms with van der Waals surface area (Å²) in [5.41, 5.74) is 12.1. The van der Waals surface area contributed by atoms with Gasteiger partial charge in [0, 0.05) is 38.7 Å². The van der Waals surface area contributed by atoms with E-state index in [2.05, 4.69) is 115 Å². The molecule has 0 aliphatic carbocycles. The van der Waals surface area contributed by atoms with Crippen LogP contribution in [0.5, 0.6) is 0 Å². The van der Waals surface area contributed by atoms with Crippen molar-refractivity contribution >= 4 is 51.7 Å². The average Bonchev–Trinajstić information content (AvgIpc) is 3.52. The fraction of sp³-hybridized carbons (Fsp3) is 0.0426. The Kier molecular flexibility index (Phi) is 8.94. The van der Waals surface area contributed by atoms with Crippen molar-refractivity contribution in [2.45, 2.75) is 18.7 Å². The minimum absolute atomic E-state index is 0.598. The first kappa shape index (κ1) is 32.9. The first-order valence-corrected chi connectivity index (χ1v) is 17.7. The summed E-state index contributed by atoms with van der Waals surface area (Å²) in [6, 6.07) is 54.2. The molecule has 0 aliphatic heterocycles. The predicted octanol–water partition coefficient (Wildman–Crippen LogP) is 12.0. The lowest BCUT2D eigenvalue weighted by Crippen LogP contribution is -2.05. The summed E-state index contributed by atoms with van der Waals surface area (Å²) in [6.45, 7) is 8.37. The Balaban J connectivity index is 1.19. The monoisotopic (exact) mass is 688 g/mol. The second-order valence-corrected chi connectivity index (χ2v) is 13.3. The van der Waals surface area contributed by atoms with Crippen LogP contribution in [-0.2, 0) is 0 Å². The van der Waals surface area contributed by atoms with Crippen LogP contribution in [0.4, 0.5) is 0 Å². The molecule has 0 bridgehead atoms. The minimum atomic E-state index is 0.598. The van der Waals surface area contributed by atoms with Crippen molar-refractivity contribution in [3.8, 4) is 28.1 Å². The van der Waals surface area contributed by atoms with Crippen LogP contribution in [0, 0.1) is 6.92 Å². The van der Waals surface area contributed by atoms with Gasteiger partial charge >= 0.3 is 0 Å². The van der Waals surface area contributed by atoms with E-state index in [9.17, 15) is 0 Å². The van der Waals surface area contributed by atoms with Gasteiger partial charge < -0.3 is 0 Å². The molecule has 8 rings (SSSR count). The van der Waals surface area contributed by atoms with Gasteiger partial charge in [0.05, 0.1) is 16.7 Å². The summed E-state index contributed by atoms with van der Waals surface area (Å²) in [6.07, 6.45) is 1.89. The van der Waals surface area contributed by atoms with Gasteiger partial charge in [-0.05, 0) is 71.5 Å². The van der Waals surface area contributed by atoms with Crippen molar-refractivity contribution < 1.29 is 0 Å². The smallest absolute Gasteiger partial charge is 0.160 e. The van der Waals surface area contributed by atoms with E-state index < -0.39 is 0 Å². The normalized spacial score (nSPS) is 12.1. The van der Waals surface area contributed by atoms with E-state index in [0.29, 0.717) is 11.5 Å². The molecular weight excluding hydrogens is 653 g/mol. The predicted molar refractivity (Wildman–Crippen MR) is 222 cm³/mol. The Bertz CT molecular complexity index is 2650. The molecule has 0 spiro atoms. The summed E-state index contributed by atoms with van der Waals surface area (Å²) >= 11 is 5.09. The zero-order valence-corrected chi connectivity index (χ0v) is 29.9. The lowest BCUT2D eigenvalue weighted by atomic mass is 9.95. The average molecular weight is 689 g/mol. The van der Waals surface area contributed by atoms with Crippen LogP contribution in [0.15, 0.2) is 185 Å². The van der Waals surface area contributed by atoms with Gasteiger partial charge in [0.1, 0.15) is 5.82 Å². The van der Waals surface area contributed by atoms with Crippen LogP contribution in [0.2, 0.25) is 0 Å². The molecule has 0 saturated carbocycles. The van der Waals surface area contributed by atoms with Gasteiger partial charge in [-0.1, -0.05) is 140 Å². The van der Waals surface area contributed by atoms with Crippen molar-refractivity contribution in [3.63, 3.8) is 0 Å². The number of aryl methyl sites for hydroxylation is 1. The first-order valence-electron chi connectivity index (χ1n) is 17.3. The van der Waals surface area contributed by atoms with Crippen molar-refractivity contribution in [3.05, 3.63) is 193 Å². The summed E-state index contributed by atoms with van der Waals surface area (Å²) in [7, 11) is 0. The number of aromatic nitrogens is 2. The number of hydrogen-bond acceptors (Lipinski definition) is 3. The molecule has 2 aromatic heterocycles. The number of aliphatic imine (C=N–C) groups is 2. The molecule has 0 fully saturated rings. The van der Waals surface area contributed by atoms with E-state index in [1.807, 2.05) is 73.8 Å². The third-order valence-corrected chi connectivity index (χ3v) is 9.99. The molecule has 0 saturated heterocycles. The molecule has 0 unspecified atom stereocenters. The van der Waals surface area contributed by atoms with Gasteiger partial charge in [0.15, 0.2) is 5.84 Å². The molecule has 250 valence electrons. The highest BCUT2D eigenvalue weighted by molar-refractivity contribution is 7.80. The van der Waals surface area contributed by atoms with E-state index in [0.717, 1.165) is 60.8 Å². The van der Waals surface area contributed by atoms with Gasteiger partial charge in [-0.25, -0.2) is 15.0 Å². The first-order chi connectivity index (χ1) is 25.5. The van der Waals surface area contributed by atoms with E-state index in [4.69, 9.17) is 27.6 Å². The molecule has 0 aliphatic rings. The number of hydrogen-bond donors (Lipinski definition) is 1. The fourth-order valence-electron chi connectivity index (χ4n) is 6.77. The molecule has 0 atom stereocenters. The van der Waals surface area contributed by atoms with Crippen LogP contribution in [0.25, 0.3) is 55.6 Å². The van der Waals surface area contributed by atoms with Gasteiger partial charge in [-0.3, -0.25) is 4.57 Å². The third kappa shape index (κ3) is 6.27.